The van der Waals surface area contributed by atoms with Gasteiger partial charge in [0, 0.05) is 12.0 Å². The first-order chi connectivity index (χ1) is 11.5. The Morgan fingerprint density at radius 2 is 1.76 bits per heavy atom. The molecule has 0 aliphatic rings. The minimum absolute atomic E-state index is 0.0617. The van der Waals surface area contributed by atoms with Crippen molar-refractivity contribution >= 4 is 5.97 Å². The summed E-state index contributed by atoms with van der Waals surface area (Å²) in [4.78, 5) is 11.7. The molecule has 2 rings (SSSR count). The molecule has 25 heavy (non-hydrogen) atoms. The van der Waals surface area contributed by atoms with Crippen molar-refractivity contribution in [2.24, 2.45) is 0 Å². The predicted octanol–water partition coefficient (Wildman–Crippen LogP) is 3.40. The Labute approximate surface area is 144 Å². The minimum Gasteiger partial charge on any atom is -0.508 e. The first-order valence-electron chi connectivity index (χ1n) is 7.73. The average molecular weight is 350 g/mol. The van der Waals surface area contributed by atoms with Gasteiger partial charge in [-0.3, -0.25) is 0 Å². The molecule has 0 bridgehead atoms. The van der Waals surface area contributed by atoms with Crippen LogP contribution in [0.5, 0.6) is 5.75 Å². The molecule has 6 heteroatoms. The predicted molar refractivity (Wildman–Crippen MR) is 88.4 cm³/mol. The Balaban J connectivity index is 2.39. The molecule has 0 radical (unpaired) electrons. The third-order valence-electron chi connectivity index (χ3n) is 4.26. The second-order valence-electron chi connectivity index (χ2n) is 6.83. The van der Waals surface area contributed by atoms with E-state index in [9.17, 15) is 28.9 Å². The van der Waals surface area contributed by atoms with Gasteiger partial charge in [0.1, 0.15) is 17.4 Å². The van der Waals surface area contributed by atoms with Crippen molar-refractivity contribution in [2.75, 3.05) is 0 Å². The number of halogens is 2. The lowest BCUT2D eigenvalue weighted by atomic mass is 9.73. The lowest BCUT2D eigenvalue weighted by Crippen LogP contribution is -2.46. The molecular weight excluding hydrogens is 330 g/mol. The van der Waals surface area contributed by atoms with Crippen molar-refractivity contribution in [3.8, 4) is 5.75 Å². The van der Waals surface area contributed by atoms with E-state index in [1.165, 1.54) is 24.3 Å². The number of hydrogen-bond acceptors (Lipinski definition) is 3. The van der Waals surface area contributed by atoms with Crippen LogP contribution in [-0.4, -0.2) is 26.9 Å². The topological polar surface area (TPSA) is 77.8 Å². The van der Waals surface area contributed by atoms with E-state index in [-0.39, 0.29) is 23.3 Å². The second kappa shape index (κ2) is 6.80. The normalized spacial score (nSPS) is 14.1. The summed E-state index contributed by atoms with van der Waals surface area (Å²) in [6.07, 6.45) is -0.796. The number of carbonyl (C=O) groups is 1. The van der Waals surface area contributed by atoms with Crippen molar-refractivity contribution < 1.29 is 28.9 Å². The zero-order valence-corrected chi connectivity index (χ0v) is 14.0. The number of aliphatic hydroxyl groups is 1. The van der Waals surface area contributed by atoms with Crippen LogP contribution < -0.4 is 0 Å². The molecule has 4 nitrogen and oxygen atoms in total. The molecule has 0 saturated heterocycles. The molecule has 1 atom stereocenters. The van der Waals surface area contributed by atoms with Crippen LogP contribution in [0.1, 0.15) is 31.4 Å². The van der Waals surface area contributed by atoms with E-state index < -0.39 is 35.0 Å². The summed E-state index contributed by atoms with van der Waals surface area (Å²) in [5.41, 5.74) is -3.14. The number of phenolic OH excluding ortho intramolecular Hbond substituents is 1. The molecule has 0 amide bonds. The number of carboxylic acids is 1. The van der Waals surface area contributed by atoms with Gasteiger partial charge in [0.05, 0.1) is 0 Å². The molecule has 1 unspecified atom stereocenters. The number of aliphatic carboxylic acids is 1. The fraction of sp³-hybridized carbons (Fsp3) is 0.316. The Kier molecular flexibility index (Phi) is 5.13. The summed E-state index contributed by atoms with van der Waals surface area (Å²) in [7, 11) is 0. The molecule has 134 valence electrons. The Morgan fingerprint density at radius 3 is 2.36 bits per heavy atom. The Bertz CT molecular complexity index is 789. The summed E-state index contributed by atoms with van der Waals surface area (Å²) in [5, 5.41) is 30.2. The second-order valence-corrected chi connectivity index (χ2v) is 6.83. The van der Waals surface area contributed by atoms with Gasteiger partial charge in [-0.2, -0.15) is 0 Å². The zero-order chi connectivity index (χ0) is 18.8. The summed E-state index contributed by atoms with van der Waals surface area (Å²) in [6, 6.07) is 8.94. The lowest BCUT2D eigenvalue weighted by molar-refractivity contribution is -0.160. The van der Waals surface area contributed by atoms with Gasteiger partial charge in [0.15, 0.2) is 5.60 Å². The van der Waals surface area contributed by atoms with Gasteiger partial charge < -0.3 is 15.3 Å². The van der Waals surface area contributed by atoms with Crippen molar-refractivity contribution in [2.45, 2.75) is 37.7 Å². The number of rotatable bonds is 6. The van der Waals surface area contributed by atoms with Gasteiger partial charge in [0.25, 0.3) is 0 Å². The SMILES string of the molecule is CC(C)(CC(O)(Cc1ccccc1F)C(=O)O)c1cc(F)ccc1O. The molecule has 2 aromatic rings. The average Bonchev–Trinajstić information content (AvgIpc) is 2.51. The van der Waals surface area contributed by atoms with E-state index in [4.69, 9.17) is 0 Å². The number of hydrogen-bond donors (Lipinski definition) is 3. The standard InChI is InChI=1S/C19H20F2O4/c1-18(2,14-9-13(20)7-8-16(14)22)11-19(25,17(23)24)10-12-5-3-4-6-15(12)21/h3-9,22,25H,10-11H2,1-2H3,(H,23,24). The minimum atomic E-state index is -2.29. The van der Waals surface area contributed by atoms with Crippen LogP contribution in [0.15, 0.2) is 42.5 Å². The molecule has 0 aliphatic heterocycles. The number of aromatic hydroxyl groups is 1. The molecule has 0 aromatic heterocycles. The summed E-state index contributed by atoms with van der Waals surface area (Å²) < 4.78 is 27.4. The Hall–Kier alpha value is -2.47. The van der Waals surface area contributed by atoms with Crippen LogP contribution in [0.25, 0.3) is 0 Å². The first kappa shape index (κ1) is 18.9. The van der Waals surface area contributed by atoms with E-state index >= 15 is 0 Å². The van der Waals surface area contributed by atoms with E-state index in [1.807, 2.05) is 0 Å². The van der Waals surface area contributed by atoms with Gasteiger partial charge in [-0.15, -0.1) is 0 Å². The summed E-state index contributed by atoms with van der Waals surface area (Å²) in [6.45, 7) is 3.16. The highest BCUT2D eigenvalue weighted by molar-refractivity contribution is 5.78. The fourth-order valence-corrected chi connectivity index (χ4v) is 3.05. The number of carboxylic acid groups (broad SMARTS) is 1. The highest BCUT2D eigenvalue weighted by Crippen LogP contribution is 2.39. The molecule has 0 saturated carbocycles. The van der Waals surface area contributed by atoms with Gasteiger partial charge >= 0.3 is 5.97 Å². The molecule has 0 heterocycles. The van der Waals surface area contributed by atoms with Gasteiger partial charge in [-0.05, 0) is 41.7 Å². The van der Waals surface area contributed by atoms with E-state index in [1.54, 1.807) is 19.9 Å². The van der Waals surface area contributed by atoms with Crippen LogP contribution >= 0.6 is 0 Å². The largest absolute Gasteiger partial charge is 0.508 e. The fourth-order valence-electron chi connectivity index (χ4n) is 3.05. The summed E-state index contributed by atoms with van der Waals surface area (Å²) >= 11 is 0. The van der Waals surface area contributed by atoms with Gasteiger partial charge in [0.2, 0.25) is 0 Å². The zero-order valence-electron chi connectivity index (χ0n) is 14.0. The van der Waals surface area contributed by atoms with E-state index in [2.05, 4.69) is 0 Å². The highest BCUT2D eigenvalue weighted by Gasteiger charge is 2.43. The van der Waals surface area contributed by atoms with Gasteiger partial charge in [-0.1, -0.05) is 32.0 Å². The molecule has 3 N–H and O–H groups in total. The lowest BCUT2D eigenvalue weighted by Gasteiger charge is -2.34. The van der Waals surface area contributed by atoms with Crippen molar-refractivity contribution in [1.82, 2.24) is 0 Å². The van der Waals surface area contributed by atoms with Gasteiger partial charge in [-0.25, -0.2) is 13.6 Å². The number of benzene rings is 2. The van der Waals surface area contributed by atoms with E-state index in [0.717, 1.165) is 12.1 Å². The molecule has 2 aromatic carbocycles. The van der Waals surface area contributed by atoms with E-state index in [0.29, 0.717) is 0 Å². The van der Waals surface area contributed by atoms with Crippen LogP contribution in [0, 0.1) is 11.6 Å². The molecule has 0 fully saturated rings. The van der Waals surface area contributed by atoms with Crippen LogP contribution in [0.4, 0.5) is 8.78 Å². The third kappa shape index (κ3) is 4.14. The monoisotopic (exact) mass is 350 g/mol. The highest BCUT2D eigenvalue weighted by atomic mass is 19.1. The smallest absolute Gasteiger partial charge is 0.336 e. The first-order valence-corrected chi connectivity index (χ1v) is 7.73. The molecule has 0 aliphatic carbocycles. The van der Waals surface area contributed by atoms with Crippen molar-refractivity contribution in [1.29, 1.82) is 0 Å². The van der Waals surface area contributed by atoms with Crippen LogP contribution in [0.3, 0.4) is 0 Å². The van der Waals surface area contributed by atoms with Crippen molar-refractivity contribution in [3.05, 3.63) is 65.2 Å². The maximum absolute atomic E-state index is 13.9. The molecule has 0 spiro atoms. The summed E-state index contributed by atoms with van der Waals surface area (Å²) in [5.74, 6) is -2.92. The third-order valence-corrected chi connectivity index (χ3v) is 4.26. The number of phenols is 1. The van der Waals surface area contributed by atoms with Crippen LogP contribution in [-0.2, 0) is 16.6 Å². The maximum Gasteiger partial charge on any atom is 0.336 e. The molecular formula is C19H20F2O4. The Morgan fingerprint density at radius 1 is 1.12 bits per heavy atom. The quantitative estimate of drug-likeness (QED) is 0.746. The van der Waals surface area contributed by atoms with Crippen molar-refractivity contribution in [3.63, 3.8) is 0 Å². The maximum atomic E-state index is 13.9. The van der Waals surface area contributed by atoms with Crippen LogP contribution in [0.2, 0.25) is 0 Å².